The molecular formula is C15H17BrFNS. The van der Waals surface area contributed by atoms with Crippen LogP contribution in [0.15, 0.2) is 40.2 Å². The summed E-state index contributed by atoms with van der Waals surface area (Å²) in [5.74, 6) is -0.214. The van der Waals surface area contributed by atoms with Gasteiger partial charge in [0.25, 0.3) is 0 Å². The molecule has 0 saturated carbocycles. The minimum atomic E-state index is -0.214. The van der Waals surface area contributed by atoms with E-state index in [0.717, 1.165) is 24.9 Å². The number of nitrogens with one attached hydrogen (secondary N) is 1. The van der Waals surface area contributed by atoms with Gasteiger partial charge in [0.2, 0.25) is 0 Å². The molecule has 0 aliphatic rings. The van der Waals surface area contributed by atoms with Gasteiger partial charge in [0, 0.05) is 17.3 Å². The second-order valence-electron chi connectivity index (χ2n) is 4.46. The first-order valence-electron chi connectivity index (χ1n) is 6.41. The van der Waals surface area contributed by atoms with Gasteiger partial charge in [-0.1, -0.05) is 19.1 Å². The zero-order valence-corrected chi connectivity index (χ0v) is 13.2. The Morgan fingerprint density at radius 1 is 1.37 bits per heavy atom. The monoisotopic (exact) mass is 341 g/mol. The van der Waals surface area contributed by atoms with Gasteiger partial charge in [-0.25, -0.2) is 4.39 Å². The van der Waals surface area contributed by atoms with Crippen LogP contribution in [0.4, 0.5) is 4.39 Å². The largest absolute Gasteiger partial charge is 0.310 e. The van der Waals surface area contributed by atoms with E-state index in [1.165, 1.54) is 10.9 Å². The summed E-state index contributed by atoms with van der Waals surface area (Å²) in [7, 11) is 0. The van der Waals surface area contributed by atoms with Crippen molar-refractivity contribution in [3.63, 3.8) is 0 Å². The number of rotatable bonds is 6. The van der Waals surface area contributed by atoms with Crippen molar-refractivity contribution in [3.05, 3.63) is 56.4 Å². The second-order valence-corrected chi connectivity index (χ2v) is 6.35. The van der Waals surface area contributed by atoms with Gasteiger partial charge in [-0.2, -0.15) is 0 Å². The highest BCUT2D eigenvalue weighted by Gasteiger charge is 2.13. The highest BCUT2D eigenvalue weighted by atomic mass is 79.9. The highest BCUT2D eigenvalue weighted by Crippen LogP contribution is 2.25. The topological polar surface area (TPSA) is 12.0 Å². The summed E-state index contributed by atoms with van der Waals surface area (Å²) in [6.07, 6.45) is 2.03. The predicted octanol–water partition coefficient (Wildman–Crippen LogP) is 4.93. The van der Waals surface area contributed by atoms with Crippen LogP contribution in [0.3, 0.4) is 0 Å². The Morgan fingerprint density at radius 3 is 2.84 bits per heavy atom. The normalized spacial score (nSPS) is 12.6. The second kappa shape index (κ2) is 7.17. The molecule has 4 heteroatoms. The lowest BCUT2D eigenvalue weighted by Gasteiger charge is -2.19. The molecule has 0 saturated heterocycles. The number of halogens is 2. The van der Waals surface area contributed by atoms with E-state index in [1.807, 2.05) is 12.1 Å². The van der Waals surface area contributed by atoms with Crippen LogP contribution in [-0.4, -0.2) is 6.54 Å². The van der Waals surface area contributed by atoms with E-state index >= 15 is 0 Å². The number of hydrogen-bond donors (Lipinski definition) is 1. The van der Waals surface area contributed by atoms with Crippen molar-refractivity contribution in [1.29, 1.82) is 0 Å². The molecule has 1 unspecified atom stereocenters. The molecule has 0 radical (unpaired) electrons. The maximum absolute atomic E-state index is 13.3. The van der Waals surface area contributed by atoms with E-state index in [9.17, 15) is 4.39 Å². The Kier molecular flexibility index (Phi) is 5.55. The summed E-state index contributed by atoms with van der Waals surface area (Å²) in [4.78, 5) is 1.34. The lowest BCUT2D eigenvalue weighted by molar-refractivity contribution is 0.530. The van der Waals surface area contributed by atoms with Crippen LogP contribution < -0.4 is 5.32 Å². The molecular weight excluding hydrogens is 325 g/mol. The summed E-state index contributed by atoms with van der Waals surface area (Å²) in [6, 6.07) is 9.70. The quantitative estimate of drug-likeness (QED) is 0.785. The first kappa shape index (κ1) is 14.7. The van der Waals surface area contributed by atoms with Crippen LogP contribution in [-0.2, 0) is 6.42 Å². The van der Waals surface area contributed by atoms with Crippen LogP contribution >= 0.6 is 27.3 Å². The van der Waals surface area contributed by atoms with Gasteiger partial charge in [-0.05, 0) is 58.0 Å². The van der Waals surface area contributed by atoms with E-state index in [-0.39, 0.29) is 11.9 Å². The molecule has 1 aromatic carbocycles. The summed E-state index contributed by atoms with van der Waals surface area (Å²) in [6.45, 7) is 3.11. The fourth-order valence-electron chi connectivity index (χ4n) is 1.99. The molecule has 0 amide bonds. The molecule has 1 N–H and O–H groups in total. The molecule has 1 atom stereocenters. The van der Waals surface area contributed by atoms with Gasteiger partial charge in [-0.15, -0.1) is 11.3 Å². The third-order valence-corrected chi connectivity index (χ3v) is 4.48. The maximum Gasteiger partial charge on any atom is 0.137 e. The van der Waals surface area contributed by atoms with E-state index in [1.54, 1.807) is 11.3 Å². The Bertz CT molecular complexity index is 513. The standard InChI is InChI=1S/C15H17BrFNS/c1-2-7-18-15(10-12-4-3-8-19-12)11-5-6-14(17)13(16)9-11/h3-6,8-9,15,18H,2,7,10H2,1H3. The molecule has 1 aromatic heterocycles. The van der Waals surface area contributed by atoms with E-state index in [4.69, 9.17) is 0 Å². The van der Waals surface area contributed by atoms with Crippen LogP contribution in [0.25, 0.3) is 0 Å². The van der Waals surface area contributed by atoms with Gasteiger partial charge in [0.1, 0.15) is 5.82 Å². The van der Waals surface area contributed by atoms with Gasteiger partial charge in [0.05, 0.1) is 4.47 Å². The summed E-state index contributed by atoms with van der Waals surface area (Å²) in [5.41, 5.74) is 1.12. The molecule has 2 aromatic rings. The molecule has 0 fully saturated rings. The van der Waals surface area contributed by atoms with Gasteiger partial charge in [0.15, 0.2) is 0 Å². The lowest BCUT2D eigenvalue weighted by Crippen LogP contribution is -2.23. The molecule has 1 heterocycles. The van der Waals surface area contributed by atoms with Crippen molar-refractivity contribution in [2.45, 2.75) is 25.8 Å². The Morgan fingerprint density at radius 2 is 2.21 bits per heavy atom. The van der Waals surface area contributed by atoms with Crippen molar-refractivity contribution in [3.8, 4) is 0 Å². The zero-order valence-electron chi connectivity index (χ0n) is 10.8. The SMILES string of the molecule is CCCNC(Cc1cccs1)c1ccc(F)c(Br)c1. The van der Waals surface area contributed by atoms with Crippen LogP contribution in [0.1, 0.15) is 29.8 Å². The third-order valence-electron chi connectivity index (χ3n) is 2.97. The zero-order chi connectivity index (χ0) is 13.7. The summed E-state index contributed by atoms with van der Waals surface area (Å²) >= 11 is 5.02. The van der Waals surface area contributed by atoms with Gasteiger partial charge in [-0.3, -0.25) is 0 Å². The molecule has 19 heavy (non-hydrogen) atoms. The van der Waals surface area contributed by atoms with Crippen LogP contribution in [0.5, 0.6) is 0 Å². The predicted molar refractivity (Wildman–Crippen MR) is 83.2 cm³/mol. The smallest absolute Gasteiger partial charge is 0.137 e. The Balaban J connectivity index is 2.18. The minimum absolute atomic E-state index is 0.214. The van der Waals surface area contributed by atoms with E-state index in [0.29, 0.717) is 4.47 Å². The molecule has 0 bridgehead atoms. The van der Waals surface area contributed by atoms with Crippen molar-refractivity contribution in [2.24, 2.45) is 0 Å². The van der Waals surface area contributed by atoms with Crippen LogP contribution in [0.2, 0.25) is 0 Å². The van der Waals surface area contributed by atoms with E-state index in [2.05, 4.69) is 45.7 Å². The van der Waals surface area contributed by atoms with Crippen molar-refractivity contribution in [1.82, 2.24) is 5.32 Å². The fourth-order valence-corrected chi connectivity index (χ4v) is 3.13. The highest BCUT2D eigenvalue weighted by molar-refractivity contribution is 9.10. The number of thiophene rings is 1. The molecule has 0 aliphatic heterocycles. The Hall–Kier alpha value is -0.710. The molecule has 102 valence electrons. The van der Waals surface area contributed by atoms with Crippen molar-refractivity contribution >= 4 is 27.3 Å². The van der Waals surface area contributed by atoms with Crippen LogP contribution in [0, 0.1) is 5.82 Å². The number of hydrogen-bond acceptors (Lipinski definition) is 2. The average molecular weight is 342 g/mol. The summed E-state index contributed by atoms with van der Waals surface area (Å²) < 4.78 is 13.9. The first-order chi connectivity index (χ1) is 9.20. The fraction of sp³-hybridized carbons (Fsp3) is 0.333. The first-order valence-corrected chi connectivity index (χ1v) is 8.08. The van der Waals surface area contributed by atoms with Gasteiger partial charge >= 0.3 is 0 Å². The minimum Gasteiger partial charge on any atom is -0.310 e. The molecule has 0 spiro atoms. The Labute approximate surface area is 126 Å². The third kappa shape index (κ3) is 4.13. The van der Waals surface area contributed by atoms with Crippen molar-refractivity contribution in [2.75, 3.05) is 6.54 Å². The van der Waals surface area contributed by atoms with E-state index < -0.39 is 0 Å². The average Bonchev–Trinajstić information content (AvgIpc) is 2.91. The number of benzene rings is 1. The van der Waals surface area contributed by atoms with Crippen molar-refractivity contribution < 1.29 is 4.39 Å². The van der Waals surface area contributed by atoms with Gasteiger partial charge < -0.3 is 5.32 Å². The maximum atomic E-state index is 13.3. The molecule has 1 nitrogen and oxygen atoms in total. The summed E-state index contributed by atoms with van der Waals surface area (Å²) in [5, 5.41) is 5.62. The molecule has 0 aliphatic carbocycles. The lowest BCUT2D eigenvalue weighted by atomic mass is 10.0. The molecule has 2 rings (SSSR count).